The van der Waals surface area contributed by atoms with Crippen molar-refractivity contribution in [2.24, 2.45) is 51.2 Å². The van der Waals surface area contributed by atoms with Crippen LogP contribution in [-0.4, -0.2) is 234 Å². The average molecular weight is 1120 g/mol. The van der Waals surface area contributed by atoms with Gasteiger partial charge in [-0.05, 0) is 130 Å². The van der Waals surface area contributed by atoms with Crippen molar-refractivity contribution < 1.29 is 113 Å². The van der Waals surface area contributed by atoms with Crippen LogP contribution < -0.4 is 0 Å². The lowest BCUT2D eigenvalue weighted by Gasteiger charge is -2.62. The standard InChI is InChI=1S/C55H90O23/c1-22(29-17-34(59)51(5,6)78-29)26-11-13-53(8)33-10-9-27-23(2)28(12-14-54(27)21-55(33,54)16-15-52(26,53)7)71-48-42(67)39(64)44(32(74-48)20-69-25(4)58)75-50-43(68)46(77-47-40(65)37(62)35(60)24(3)70-47)45(31(19-57)73-50)76-49-41(66)38(63)36(61)30(18-56)72-49/h22-24,26-50,56-57,59-68H,9-21H2,1-8H3/t22?,23?,24?,26?,27-,28?,29?,30?,31?,32?,33?,34?,35?,36?,37?,38?,39?,40?,41?,42?,43?,44?,45?,46?,47?,48?,49?,50?,52+,53-,54+,55-/m0/s1. The van der Waals surface area contributed by atoms with Gasteiger partial charge in [-0.3, -0.25) is 4.79 Å². The minimum absolute atomic E-state index is 0.0351. The highest BCUT2D eigenvalue weighted by molar-refractivity contribution is 5.65. The van der Waals surface area contributed by atoms with Crippen molar-refractivity contribution in [3.05, 3.63) is 0 Å². The number of carbonyl (C=O) groups is 1. The molecule has 23 nitrogen and oxygen atoms in total. The first kappa shape index (κ1) is 59.8. The second-order valence-electron chi connectivity index (χ2n) is 26.4. The molecule has 10 aliphatic rings. The van der Waals surface area contributed by atoms with Crippen molar-refractivity contribution in [1.82, 2.24) is 0 Å². The molecule has 10 rings (SSSR count). The maximum absolute atomic E-state index is 12.3. The molecule has 27 unspecified atom stereocenters. The quantitative estimate of drug-likeness (QED) is 0.0722. The Bertz CT molecular complexity index is 2110. The third-order valence-electron chi connectivity index (χ3n) is 22.4. The van der Waals surface area contributed by atoms with Gasteiger partial charge < -0.3 is 109 Å². The van der Waals surface area contributed by atoms with E-state index in [2.05, 4.69) is 27.7 Å². The highest BCUT2D eigenvalue weighted by Crippen LogP contribution is 2.88. The van der Waals surface area contributed by atoms with E-state index in [1.807, 2.05) is 13.8 Å². The molecule has 0 bridgehead atoms. The van der Waals surface area contributed by atoms with E-state index >= 15 is 0 Å². The number of hydrogen-bond donors (Lipinski definition) is 12. The van der Waals surface area contributed by atoms with Crippen LogP contribution in [0.5, 0.6) is 0 Å². The summed E-state index contributed by atoms with van der Waals surface area (Å²) in [6, 6.07) is 0. The van der Waals surface area contributed by atoms with Gasteiger partial charge in [-0.2, -0.15) is 0 Å². The van der Waals surface area contributed by atoms with Gasteiger partial charge in [0.05, 0.1) is 43.2 Å². The third kappa shape index (κ3) is 9.66. The van der Waals surface area contributed by atoms with Crippen LogP contribution in [0.25, 0.3) is 0 Å². The first-order valence-electron chi connectivity index (χ1n) is 28.8. The van der Waals surface area contributed by atoms with Crippen LogP contribution in [0, 0.1) is 51.2 Å². The summed E-state index contributed by atoms with van der Waals surface area (Å²) in [5, 5.41) is 131. The molecule has 0 aromatic heterocycles. The fourth-order valence-corrected chi connectivity index (χ4v) is 17.6. The van der Waals surface area contributed by atoms with Crippen molar-refractivity contribution in [2.45, 2.75) is 266 Å². The zero-order valence-electron chi connectivity index (χ0n) is 46.2. The third-order valence-corrected chi connectivity index (χ3v) is 22.4. The predicted molar refractivity (Wildman–Crippen MR) is 266 cm³/mol. The molecule has 2 spiro atoms. The molecule has 10 fully saturated rings. The second-order valence-corrected chi connectivity index (χ2v) is 26.4. The topological polar surface area (TPSA) is 352 Å². The van der Waals surface area contributed by atoms with E-state index in [0.29, 0.717) is 36.5 Å². The van der Waals surface area contributed by atoms with E-state index < -0.39 is 160 Å². The summed E-state index contributed by atoms with van der Waals surface area (Å²) in [6.07, 6.45) is -24.8. The Labute approximate surface area is 455 Å². The molecule has 5 saturated heterocycles. The van der Waals surface area contributed by atoms with Gasteiger partial charge >= 0.3 is 5.97 Å². The minimum atomic E-state index is -2.06. The van der Waals surface area contributed by atoms with Gasteiger partial charge in [0.25, 0.3) is 0 Å². The number of rotatable bonds is 14. The van der Waals surface area contributed by atoms with Gasteiger partial charge in [-0.25, -0.2) is 0 Å². The Hall–Kier alpha value is -1.37. The smallest absolute Gasteiger partial charge is 0.302 e. The Morgan fingerprint density at radius 1 is 0.577 bits per heavy atom. The van der Waals surface area contributed by atoms with Crippen molar-refractivity contribution in [3.8, 4) is 0 Å². The summed E-state index contributed by atoms with van der Waals surface area (Å²) in [7, 11) is 0. The molecule has 32 atom stereocenters. The van der Waals surface area contributed by atoms with Crippen molar-refractivity contribution in [3.63, 3.8) is 0 Å². The molecular formula is C55H90O23. The highest BCUT2D eigenvalue weighted by atomic mass is 16.8. The molecular weight excluding hydrogens is 1030 g/mol. The maximum Gasteiger partial charge on any atom is 0.302 e. The summed E-state index contributed by atoms with van der Waals surface area (Å²) in [4.78, 5) is 12.3. The van der Waals surface area contributed by atoms with Crippen LogP contribution >= 0.6 is 0 Å². The molecule has 23 heteroatoms. The summed E-state index contributed by atoms with van der Waals surface area (Å²) in [5.74, 6) is 1.15. The van der Waals surface area contributed by atoms with Crippen LogP contribution in [0.3, 0.4) is 0 Å². The molecule has 12 N–H and O–H groups in total. The van der Waals surface area contributed by atoms with Crippen molar-refractivity contribution in [1.29, 1.82) is 0 Å². The number of fused-ring (bicyclic) bond motifs is 2. The van der Waals surface area contributed by atoms with Gasteiger partial charge in [0.15, 0.2) is 25.2 Å². The maximum atomic E-state index is 12.3. The van der Waals surface area contributed by atoms with E-state index in [1.165, 1.54) is 33.1 Å². The number of aliphatic hydroxyl groups is 12. The van der Waals surface area contributed by atoms with E-state index in [-0.39, 0.29) is 39.8 Å². The summed E-state index contributed by atoms with van der Waals surface area (Å²) in [6.45, 7) is 14.0. The zero-order valence-corrected chi connectivity index (χ0v) is 46.2. The number of aliphatic hydroxyl groups excluding tert-OH is 12. The van der Waals surface area contributed by atoms with Gasteiger partial charge in [-0.15, -0.1) is 0 Å². The lowest BCUT2D eigenvalue weighted by molar-refractivity contribution is -0.399. The van der Waals surface area contributed by atoms with Crippen LogP contribution in [0.4, 0.5) is 0 Å². The van der Waals surface area contributed by atoms with E-state index in [9.17, 15) is 66.1 Å². The van der Waals surface area contributed by atoms with Crippen LogP contribution in [0.1, 0.15) is 120 Å². The van der Waals surface area contributed by atoms with Gasteiger partial charge in [0.2, 0.25) is 0 Å². The lowest BCUT2D eigenvalue weighted by atomic mass is 9.43. The molecule has 5 aliphatic carbocycles. The Morgan fingerprint density at radius 3 is 1.82 bits per heavy atom. The normalized spacial score (nSPS) is 56.0. The first-order chi connectivity index (χ1) is 36.7. The Balaban J connectivity index is 0.835. The van der Waals surface area contributed by atoms with Crippen LogP contribution in [-0.2, 0) is 52.2 Å². The average Bonchev–Trinajstić information content (AvgIpc) is 2.52. The van der Waals surface area contributed by atoms with E-state index in [4.69, 9.17) is 47.4 Å². The molecule has 5 aliphatic heterocycles. The van der Waals surface area contributed by atoms with Crippen LogP contribution in [0.15, 0.2) is 0 Å². The van der Waals surface area contributed by atoms with Crippen molar-refractivity contribution in [2.75, 3.05) is 19.8 Å². The lowest BCUT2D eigenvalue weighted by Crippen LogP contribution is -2.68. The number of esters is 1. The molecule has 448 valence electrons. The van der Waals surface area contributed by atoms with Gasteiger partial charge in [-0.1, -0.05) is 27.7 Å². The Morgan fingerprint density at radius 2 is 1.17 bits per heavy atom. The highest BCUT2D eigenvalue weighted by Gasteiger charge is 2.81. The first-order valence-corrected chi connectivity index (χ1v) is 28.8. The SMILES string of the molecule is CC(=O)OCC1OC(OC2CC[C@]34C[C@]35CC[C@]3(C)C(C(C)C6CC(O)C(C)(C)O6)CC[C@@]3(C)C5CC[C@H]4C2C)C(O)C(O)C1OC1OC(CO)C(OC2OC(CO)C(O)C(O)C2O)C(OC2OC(C)C(O)C(O)C2O)C1O. The molecule has 5 heterocycles. The van der Waals surface area contributed by atoms with Crippen molar-refractivity contribution >= 4 is 5.97 Å². The van der Waals surface area contributed by atoms with E-state index in [1.54, 1.807) is 0 Å². The monoisotopic (exact) mass is 1120 g/mol. The minimum Gasteiger partial charge on any atom is -0.463 e. The summed E-state index contributed by atoms with van der Waals surface area (Å²) < 4.78 is 60.5. The van der Waals surface area contributed by atoms with Gasteiger partial charge in [0.1, 0.15) is 98.2 Å². The second kappa shape index (κ2) is 21.9. The fraction of sp³-hybridized carbons (Fsp3) is 0.982. The fourth-order valence-electron chi connectivity index (χ4n) is 17.6. The molecule has 0 radical (unpaired) electrons. The molecule has 5 saturated carbocycles. The Kier molecular flexibility index (Phi) is 16.8. The molecule has 0 amide bonds. The number of hydrogen-bond acceptors (Lipinski definition) is 23. The van der Waals surface area contributed by atoms with E-state index in [0.717, 1.165) is 32.1 Å². The predicted octanol–water partition coefficient (Wildman–Crippen LogP) is -1.14. The van der Waals surface area contributed by atoms with Crippen LogP contribution in [0.2, 0.25) is 0 Å². The number of carbonyl (C=O) groups excluding carboxylic acids is 1. The number of ether oxygens (including phenoxy) is 10. The van der Waals surface area contributed by atoms with Gasteiger partial charge in [0, 0.05) is 13.3 Å². The molecule has 78 heavy (non-hydrogen) atoms. The summed E-state index contributed by atoms with van der Waals surface area (Å²) in [5.41, 5.74) is 0.181. The zero-order chi connectivity index (χ0) is 56.5. The largest absolute Gasteiger partial charge is 0.463 e. The summed E-state index contributed by atoms with van der Waals surface area (Å²) >= 11 is 0. The molecule has 0 aromatic rings. The molecule has 0 aromatic carbocycles.